The van der Waals surface area contributed by atoms with Gasteiger partial charge in [-0.05, 0) is 20.8 Å². The van der Waals surface area contributed by atoms with E-state index in [1.165, 1.54) is 0 Å². The van der Waals surface area contributed by atoms with Crippen LogP contribution in [0.3, 0.4) is 0 Å². The molecule has 3 heteroatoms. The van der Waals surface area contributed by atoms with Crippen LogP contribution in [0.15, 0.2) is 12.4 Å². The molecule has 1 rings (SSSR count). The molecule has 1 unspecified atom stereocenters. The molecule has 0 aliphatic carbocycles. The molecule has 0 saturated heterocycles. The fraction of sp³-hybridized carbons (Fsp3) is 0.455. The summed E-state index contributed by atoms with van der Waals surface area (Å²) in [6.45, 7) is 6.55. The van der Waals surface area contributed by atoms with Crippen molar-refractivity contribution >= 4 is 0 Å². The first-order valence-electron chi connectivity index (χ1n) is 4.66. The predicted molar refractivity (Wildman–Crippen MR) is 56.6 cm³/mol. The summed E-state index contributed by atoms with van der Waals surface area (Å²) in [4.78, 5) is 8.47. The molecular formula is C11H15N3. The summed E-state index contributed by atoms with van der Waals surface area (Å²) in [5.41, 5.74) is 1.96. The van der Waals surface area contributed by atoms with Crippen molar-refractivity contribution in [2.75, 3.05) is 6.54 Å². The van der Waals surface area contributed by atoms with E-state index in [2.05, 4.69) is 34.0 Å². The monoisotopic (exact) mass is 189 g/mol. The zero-order chi connectivity index (χ0) is 10.4. The summed E-state index contributed by atoms with van der Waals surface area (Å²) in [6, 6.07) is 0.199. The SMILES string of the molecule is CC#CCNC(C)c1nccnc1C. The summed E-state index contributed by atoms with van der Waals surface area (Å²) in [6.07, 6.45) is 3.42. The van der Waals surface area contributed by atoms with Gasteiger partial charge in [-0.2, -0.15) is 0 Å². The number of rotatable bonds is 3. The molecule has 0 fully saturated rings. The van der Waals surface area contributed by atoms with Crippen LogP contribution in [0.5, 0.6) is 0 Å². The normalized spacial score (nSPS) is 11.6. The van der Waals surface area contributed by atoms with Crippen molar-refractivity contribution in [2.24, 2.45) is 0 Å². The van der Waals surface area contributed by atoms with E-state index >= 15 is 0 Å². The molecule has 1 atom stereocenters. The van der Waals surface area contributed by atoms with Gasteiger partial charge in [0.15, 0.2) is 0 Å². The van der Waals surface area contributed by atoms with E-state index in [1.54, 1.807) is 12.4 Å². The van der Waals surface area contributed by atoms with Crippen molar-refractivity contribution in [1.29, 1.82) is 0 Å². The van der Waals surface area contributed by atoms with Gasteiger partial charge in [-0.1, -0.05) is 5.92 Å². The maximum atomic E-state index is 4.28. The lowest BCUT2D eigenvalue weighted by Crippen LogP contribution is -2.21. The molecule has 74 valence electrons. The lowest BCUT2D eigenvalue weighted by atomic mass is 10.2. The molecule has 0 aromatic carbocycles. The van der Waals surface area contributed by atoms with Crippen molar-refractivity contribution in [2.45, 2.75) is 26.8 Å². The molecule has 1 N–H and O–H groups in total. The van der Waals surface area contributed by atoms with Gasteiger partial charge < -0.3 is 0 Å². The van der Waals surface area contributed by atoms with Crippen LogP contribution in [0.2, 0.25) is 0 Å². The Kier molecular flexibility index (Phi) is 4.09. The van der Waals surface area contributed by atoms with Crippen LogP contribution in [0.25, 0.3) is 0 Å². The fourth-order valence-electron chi connectivity index (χ4n) is 1.23. The lowest BCUT2D eigenvalue weighted by molar-refractivity contribution is 0.598. The van der Waals surface area contributed by atoms with Gasteiger partial charge in [0.1, 0.15) is 0 Å². The highest BCUT2D eigenvalue weighted by molar-refractivity contribution is 5.13. The second kappa shape index (κ2) is 5.36. The molecule has 0 bridgehead atoms. The van der Waals surface area contributed by atoms with Gasteiger partial charge in [0.25, 0.3) is 0 Å². The minimum atomic E-state index is 0.199. The number of hydrogen-bond acceptors (Lipinski definition) is 3. The van der Waals surface area contributed by atoms with Gasteiger partial charge in [0.2, 0.25) is 0 Å². The molecule has 0 saturated carbocycles. The number of aromatic nitrogens is 2. The molecule has 0 radical (unpaired) electrons. The van der Waals surface area contributed by atoms with Crippen LogP contribution in [0.4, 0.5) is 0 Å². The Morgan fingerprint density at radius 3 is 2.79 bits per heavy atom. The van der Waals surface area contributed by atoms with Crippen LogP contribution in [-0.2, 0) is 0 Å². The first-order chi connectivity index (χ1) is 6.75. The number of hydrogen-bond donors (Lipinski definition) is 1. The second-order valence-electron chi connectivity index (χ2n) is 3.06. The van der Waals surface area contributed by atoms with Crippen molar-refractivity contribution in [1.82, 2.24) is 15.3 Å². The molecule has 1 aromatic rings. The molecule has 0 amide bonds. The van der Waals surface area contributed by atoms with Gasteiger partial charge in [0.05, 0.1) is 17.9 Å². The van der Waals surface area contributed by atoms with E-state index in [-0.39, 0.29) is 6.04 Å². The Balaban J connectivity index is 2.63. The van der Waals surface area contributed by atoms with Crippen molar-refractivity contribution in [3.8, 4) is 11.8 Å². The third-order valence-corrected chi connectivity index (χ3v) is 2.00. The zero-order valence-electron chi connectivity index (χ0n) is 8.83. The average molecular weight is 189 g/mol. The zero-order valence-corrected chi connectivity index (χ0v) is 8.83. The first-order valence-corrected chi connectivity index (χ1v) is 4.66. The number of nitrogens with one attached hydrogen (secondary N) is 1. The first kappa shape index (κ1) is 10.7. The maximum absolute atomic E-state index is 4.28. The van der Waals surface area contributed by atoms with Crippen LogP contribution in [-0.4, -0.2) is 16.5 Å². The molecule has 3 nitrogen and oxygen atoms in total. The highest BCUT2D eigenvalue weighted by Crippen LogP contribution is 2.10. The summed E-state index contributed by atoms with van der Waals surface area (Å²) in [5.74, 6) is 5.80. The summed E-state index contributed by atoms with van der Waals surface area (Å²) < 4.78 is 0. The Hall–Kier alpha value is -1.40. The van der Waals surface area contributed by atoms with E-state index in [0.29, 0.717) is 6.54 Å². The summed E-state index contributed by atoms with van der Waals surface area (Å²) >= 11 is 0. The Labute approximate surface area is 85.0 Å². The van der Waals surface area contributed by atoms with Crippen LogP contribution >= 0.6 is 0 Å². The number of aryl methyl sites for hydroxylation is 1. The highest BCUT2D eigenvalue weighted by Gasteiger charge is 2.08. The molecule has 1 aromatic heterocycles. The van der Waals surface area contributed by atoms with E-state index in [1.807, 2.05) is 13.8 Å². The maximum Gasteiger partial charge on any atom is 0.0782 e. The van der Waals surface area contributed by atoms with Crippen LogP contribution in [0, 0.1) is 18.8 Å². The van der Waals surface area contributed by atoms with Gasteiger partial charge in [-0.3, -0.25) is 15.3 Å². The molecule has 0 spiro atoms. The van der Waals surface area contributed by atoms with E-state index < -0.39 is 0 Å². The van der Waals surface area contributed by atoms with E-state index in [4.69, 9.17) is 0 Å². The van der Waals surface area contributed by atoms with Gasteiger partial charge in [-0.15, -0.1) is 5.92 Å². The van der Waals surface area contributed by atoms with Crippen LogP contribution < -0.4 is 5.32 Å². The molecule has 0 aliphatic rings. The summed E-state index contributed by atoms with van der Waals surface area (Å²) in [5, 5.41) is 3.26. The fourth-order valence-corrected chi connectivity index (χ4v) is 1.23. The number of nitrogens with zero attached hydrogens (tertiary/aromatic N) is 2. The largest absolute Gasteiger partial charge is 0.298 e. The quantitative estimate of drug-likeness (QED) is 0.731. The summed E-state index contributed by atoms with van der Waals surface area (Å²) in [7, 11) is 0. The van der Waals surface area contributed by atoms with Crippen molar-refractivity contribution in [3.63, 3.8) is 0 Å². The van der Waals surface area contributed by atoms with Gasteiger partial charge in [-0.25, -0.2) is 0 Å². The molecule has 0 aliphatic heterocycles. The van der Waals surface area contributed by atoms with Gasteiger partial charge >= 0.3 is 0 Å². The van der Waals surface area contributed by atoms with Crippen LogP contribution in [0.1, 0.15) is 31.3 Å². The van der Waals surface area contributed by atoms with E-state index in [0.717, 1.165) is 11.4 Å². The Morgan fingerprint density at radius 2 is 2.14 bits per heavy atom. The second-order valence-corrected chi connectivity index (χ2v) is 3.06. The van der Waals surface area contributed by atoms with Gasteiger partial charge in [0, 0.05) is 18.4 Å². The Bertz CT molecular complexity index is 349. The third kappa shape index (κ3) is 2.82. The molecular weight excluding hydrogens is 174 g/mol. The smallest absolute Gasteiger partial charge is 0.0782 e. The third-order valence-electron chi connectivity index (χ3n) is 2.00. The van der Waals surface area contributed by atoms with Crippen molar-refractivity contribution < 1.29 is 0 Å². The minimum absolute atomic E-state index is 0.199. The highest BCUT2D eigenvalue weighted by atomic mass is 14.9. The molecule has 14 heavy (non-hydrogen) atoms. The average Bonchev–Trinajstić information content (AvgIpc) is 2.18. The van der Waals surface area contributed by atoms with Crippen molar-refractivity contribution in [3.05, 3.63) is 23.8 Å². The standard InChI is InChI=1S/C11H15N3/c1-4-5-6-12-9(2)11-10(3)13-7-8-14-11/h7-9,12H,6H2,1-3H3. The van der Waals surface area contributed by atoms with E-state index in [9.17, 15) is 0 Å². The molecule has 1 heterocycles. The topological polar surface area (TPSA) is 37.8 Å². The lowest BCUT2D eigenvalue weighted by Gasteiger charge is -2.12. The Morgan fingerprint density at radius 1 is 1.43 bits per heavy atom. The minimum Gasteiger partial charge on any atom is -0.298 e. The predicted octanol–water partition coefficient (Wildman–Crippen LogP) is 1.46.